The third kappa shape index (κ3) is 3.84. The maximum absolute atomic E-state index is 15.4. The SMILES string of the molecule is CCOc1cc(N2C(=O)C(C)(C)c3cc(C(=O)NC4(C)CS(=O)(=O)C4)cc(F)c32)c(F)cn1. The number of amides is 2. The summed E-state index contributed by atoms with van der Waals surface area (Å²) in [7, 11) is -3.20. The van der Waals surface area contributed by atoms with E-state index in [2.05, 4.69) is 10.3 Å². The van der Waals surface area contributed by atoms with Gasteiger partial charge in [0.05, 0.1) is 46.6 Å². The average Bonchev–Trinajstić information content (AvgIpc) is 2.88. The number of pyridine rings is 1. The van der Waals surface area contributed by atoms with Crippen molar-refractivity contribution in [3.8, 4) is 5.88 Å². The zero-order chi connectivity index (χ0) is 24.3. The normalized spacial score (nSPS) is 19.6. The molecule has 3 heterocycles. The third-order valence-electron chi connectivity index (χ3n) is 5.80. The van der Waals surface area contributed by atoms with Crippen LogP contribution in [0, 0.1) is 11.6 Å². The Morgan fingerprint density at radius 1 is 1.18 bits per heavy atom. The van der Waals surface area contributed by atoms with Crippen molar-refractivity contribution >= 4 is 33.0 Å². The molecule has 2 aliphatic rings. The molecule has 0 unspecified atom stereocenters. The molecule has 1 aromatic carbocycles. The molecule has 2 amide bonds. The van der Waals surface area contributed by atoms with Gasteiger partial charge in [0.15, 0.2) is 15.7 Å². The molecule has 1 aromatic heterocycles. The lowest BCUT2D eigenvalue weighted by molar-refractivity contribution is -0.121. The van der Waals surface area contributed by atoms with Crippen molar-refractivity contribution in [2.45, 2.75) is 38.6 Å². The quantitative estimate of drug-likeness (QED) is 0.707. The van der Waals surface area contributed by atoms with Gasteiger partial charge in [-0.15, -0.1) is 0 Å². The molecule has 0 bridgehead atoms. The number of aromatic nitrogens is 1. The second kappa shape index (κ2) is 7.47. The summed E-state index contributed by atoms with van der Waals surface area (Å²) < 4.78 is 58.3. The minimum atomic E-state index is -3.20. The lowest BCUT2D eigenvalue weighted by Crippen LogP contribution is -2.63. The number of rotatable bonds is 5. The number of hydrogen-bond donors (Lipinski definition) is 1. The summed E-state index contributed by atoms with van der Waals surface area (Å²) >= 11 is 0. The standard InChI is InChI=1S/C22H23F2N3O5S/c1-5-32-17-8-16(15(24)9-25-17)27-18-13(21(2,3)20(27)29)6-12(7-14(18)23)19(28)26-22(4)10-33(30,31)11-22/h6-9H,5,10-11H2,1-4H3,(H,26,28). The number of ether oxygens (including phenoxy) is 1. The van der Waals surface area contributed by atoms with E-state index in [4.69, 9.17) is 4.74 Å². The van der Waals surface area contributed by atoms with E-state index in [1.807, 2.05) is 0 Å². The van der Waals surface area contributed by atoms with E-state index < -0.39 is 44.2 Å². The van der Waals surface area contributed by atoms with Crippen molar-refractivity contribution in [3.05, 3.63) is 47.2 Å². The first-order valence-corrected chi connectivity index (χ1v) is 12.1. The Bertz CT molecular complexity index is 1280. The maximum Gasteiger partial charge on any atom is 0.251 e. The second-order valence-corrected chi connectivity index (χ2v) is 11.1. The molecule has 4 rings (SSSR count). The van der Waals surface area contributed by atoms with Gasteiger partial charge in [-0.05, 0) is 45.4 Å². The monoisotopic (exact) mass is 479 g/mol. The Kier molecular flexibility index (Phi) is 5.23. The molecule has 1 saturated heterocycles. The zero-order valence-electron chi connectivity index (χ0n) is 18.5. The summed E-state index contributed by atoms with van der Waals surface area (Å²) in [6.45, 7) is 6.68. The van der Waals surface area contributed by atoms with Crippen molar-refractivity contribution in [1.29, 1.82) is 0 Å². The molecular formula is C22H23F2N3O5S. The predicted molar refractivity (Wildman–Crippen MR) is 116 cm³/mol. The van der Waals surface area contributed by atoms with E-state index in [0.29, 0.717) is 0 Å². The second-order valence-electron chi connectivity index (χ2n) is 9.07. The molecule has 176 valence electrons. The van der Waals surface area contributed by atoms with Crippen LogP contribution in [0.25, 0.3) is 0 Å². The number of nitrogens with one attached hydrogen (secondary N) is 1. The highest BCUT2D eigenvalue weighted by atomic mass is 32.2. The van der Waals surface area contributed by atoms with Crippen LogP contribution >= 0.6 is 0 Å². The van der Waals surface area contributed by atoms with Gasteiger partial charge in [0.25, 0.3) is 5.91 Å². The number of fused-ring (bicyclic) bond motifs is 1. The predicted octanol–water partition coefficient (Wildman–Crippen LogP) is 2.63. The van der Waals surface area contributed by atoms with E-state index in [1.54, 1.807) is 27.7 Å². The van der Waals surface area contributed by atoms with Crippen molar-refractivity contribution in [2.75, 3.05) is 23.0 Å². The lowest BCUT2D eigenvalue weighted by atomic mass is 9.85. The summed E-state index contributed by atoms with van der Waals surface area (Å²) in [6.07, 6.45) is 0.895. The first kappa shape index (κ1) is 23.1. The molecule has 0 aliphatic carbocycles. The van der Waals surface area contributed by atoms with Crippen molar-refractivity contribution < 1.29 is 31.5 Å². The molecular weight excluding hydrogens is 456 g/mol. The van der Waals surface area contributed by atoms with Crippen LogP contribution < -0.4 is 15.0 Å². The zero-order valence-corrected chi connectivity index (χ0v) is 19.3. The van der Waals surface area contributed by atoms with Gasteiger partial charge in [0.2, 0.25) is 11.8 Å². The number of carbonyl (C=O) groups is 2. The Morgan fingerprint density at radius 2 is 1.85 bits per heavy atom. The Hall–Kier alpha value is -3.08. The van der Waals surface area contributed by atoms with Gasteiger partial charge in [-0.3, -0.25) is 14.5 Å². The van der Waals surface area contributed by atoms with Crippen LogP contribution in [-0.4, -0.2) is 48.9 Å². The molecule has 8 nitrogen and oxygen atoms in total. The van der Waals surface area contributed by atoms with Gasteiger partial charge in [-0.1, -0.05) is 0 Å². The van der Waals surface area contributed by atoms with Gasteiger partial charge in [-0.25, -0.2) is 22.2 Å². The first-order valence-electron chi connectivity index (χ1n) is 10.3. The number of benzene rings is 1. The first-order chi connectivity index (χ1) is 15.3. The number of anilines is 2. The van der Waals surface area contributed by atoms with Crippen molar-refractivity contribution in [3.63, 3.8) is 0 Å². The smallest absolute Gasteiger partial charge is 0.251 e. The van der Waals surface area contributed by atoms with Gasteiger partial charge < -0.3 is 10.1 Å². The largest absolute Gasteiger partial charge is 0.478 e. The van der Waals surface area contributed by atoms with E-state index in [-0.39, 0.29) is 46.5 Å². The number of sulfone groups is 1. The Balaban J connectivity index is 1.76. The minimum Gasteiger partial charge on any atom is -0.478 e. The summed E-state index contributed by atoms with van der Waals surface area (Å²) in [4.78, 5) is 30.8. The molecule has 2 aromatic rings. The fourth-order valence-electron chi connectivity index (χ4n) is 4.31. The summed E-state index contributed by atoms with van der Waals surface area (Å²) in [5.41, 5.74) is -2.45. The highest BCUT2D eigenvalue weighted by Gasteiger charge is 2.49. The molecule has 0 atom stereocenters. The van der Waals surface area contributed by atoms with Crippen molar-refractivity contribution in [2.24, 2.45) is 0 Å². The third-order valence-corrected chi connectivity index (χ3v) is 7.95. The number of halogens is 2. The molecule has 1 fully saturated rings. The summed E-state index contributed by atoms with van der Waals surface area (Å²) in [5.74, 6) is -3.31. The van der Waals surface area contributed by atoms with Crippen LogP contribution in [0.5, 0.6) is 5.88 Å². The molecule has 0 spiro atoms. The van der Waals surface area contributed by atoms with Gasteiger partial charge >= 0.3 is 0 Å². The van der Waals surface area contributed by atoms with E-state index in [1.165, 1.54) is 12.1 Å². The lowest BCUT2D eigenvalue weighted by Gasteiger charge is -2.38. The minimum absolute atomic E-state index is 0.0651. The van der Waals surface area contributed by atoms with Gasteiger partial charge in [0.1, 0.15) is 5.82 Å². The van der Waals surface area contributed by atoms with Crippen LogP contribution in [0.4, 0.5) is 20.2 Å². The summed E-state index contributed by atoms with van der Waals surface area (Å²) in [6, 6.07) is 3.56. The van der Waals surface area contributed by atoms with Gasteiger partial charge in [-0.2, -0.15) is 0 Å². The van der Waals surface area contributed by atoms with Crippen LogP contribution in [-0.2, 0) is 20.0 Å². The molecule has 0 radical (unpaired) electrons. The van der Waals surface area contributed by atoms with E-state index >= 15 is 4.39 Å². The molecule has 2 aliphatic heterocycles. The van der Waals surface area contributed by atoms with Crippen LogP contribution in [0.3, 0.4) is 0 Å². The number of hydrogen-bond acceptors (Lipinski definition) is 6. The van der Waals surface area contributed by atoms with Crippen LogP contribution in [0.15, 0.2) is 24.4 Å². The van der Waals surface area contributed by atoms with Crippen LogP contribution in [0.1, 0.15) is 43.6 Å². The highest BCUT2D eigenvalue weighted by Crippen LogP contribution is 2.48. The summed E-state index contributed by atoms with van der Waals surface area (Å²) in [5, 5.41) is 2.63. The average molecular weight is 480 g/mol. The Morgan fingerprint density at radius 3 is 2.45 bits per heavy atom. The van der Waals surface area contributed by atoms with E-state index in [9.17, 15) is 22.4 Å². The molecule has 33 heavy (non-hydrogen) atoms. The molecule has 11 heteroatoms. The van der Waals surface area contributed by atoms with Crippen LogP contribution in [0.2, 0.25) is 0 Å². The van der Waals surface area contributed by atoms with Gasteiger partial charge in [0, 0.05) is 11.6 Å². The van der Waals surface area contributed by atoms with Crippen molar-refractivity contribution in [1.82, 2.24) is 10.3 Å². The maximum atomic E-state index is 15.4. The topological polar surface area (TPSA) is 106 Å². The Labute approximate surface area is 189 Å². The molecule has 1 N–H and O–H groups in total. The fraction of sp³-hybridized carbons (Fsp3) is 0.409. The number of nitrogens with zero attached hydrogens (tertiary/aromatic N) is 2. The number of carbonyl (C=O) groups excluding carboxylic acids is 2. The molecule has 0 saturated carbocycles. The van der Waals surface area contributed by atoms with E-state index in [0.717, 1.165) is 17.2 Å². The highest BCUT2D eigenvalue weighted by molar-refractivity contribution is 7.93. The fourth-order valence-corrected chi connectivity index (χ4v) is 6.32.